The predicted octanol–water partition coefficient (Wildman–Crippen LogP) is 1.86. The molecule has 126 valence electrons. The largest absolute Gasteiger partial charge is 0.366 e. The molecule has 1 unspecified atom stereocenters. The minimum absolute atomic E-state index is 0. The number of nitrogens with zero attached hydrogens (tertiary/aromatic N) is 2. The Labute approximate surface area is 147 Å². The number of ether oxygens (including phenoxy) is 1. The first-order chi connectivity index (χ1) is 10.2. The monoisotopic (exact) mass is 358 g/mol. The van der Waals surface area contributed by atoms with Gasteiger partial charge in [-0.05, 0) is 12.1 Å². The smallest absolute Gasteiger partial charge is 0.254 e. The van der Waals surface area contributed by atoms with Gasteiger partial charge in [-0.25, -0.2) is 4.98 Å². The van der Waals surface area contributed by atoms with Crippen molar-refractivity contribution >= 4 is 36.4 Å². The van der Waals surface area contributed by atoms with Gasteiger partial charge in [0.15, 0.2) is 0 Å². The van der Waals surface area contributed by atoms with Crippen LogP contribution in [0.15, 0.2) is 36.7 Å². The lowest BCUT2D eigenvalue weighted by Crippen LogP contribution is -2.45. The Morgan fingerprint density at radius 2 is 2.26 bits per heavy atom. The summed E-state index contributed by atoms with van der Waals surface area (Å²) in [6.07, 6.45) is 3.21. The van der Waals surface area contributed by atoms with Gasteiger partial charge in [-0.15, -0.1) is 24.8 Å². The van der Waals surface area contributed by atoms with E-state index in [4.69, 9.17) is 4.74 Å². The zero-order valence-corrected chi connectivity index (χ0v) is 14.3. The number of carbonyl (C=O) groups excluding carboxylic acids is 1. The third-order valence-electron chi connectivity index (χ3n) is 3.43. The van der Waals surface area contributed by atoms with E-state index < -0.39 is 6.10 Å². The molecule has 2 aromatic rings. The lowest BCUT2D eigenvalue weighted by molar-refractivity contribution is -0.128. The van der Waals surface area contributed by atoms with Crippen molar-refractivity contribution in [2.24, 2.45) is 7.05 Å². The number of morpholine rings is 1. The minimum Gasteiger partial charge on any atom is -0.366 e. The second-order valence-electron chi connectivity index (χ2n) is 5.00. The van der Waals surface area contributed by atoms with E-state index in [0.717, 1.165) is 23.6 Å². The Bertz CT molecular complexity index is 642. The van der Waals surface area contributed by atoms with Crippen LogP contribution in [0, 0.1) is 0 Å². The number of aryl methyl sites for hydroxylation is 1. The SMILES string of the molecule is Cl.Cl.Cn1ccnc1-c1cccc(NC(=O)C2CNCCO2)c1. The van der Waals surface area contributed by atoms with E-state index in [1.807, 2.05) is 42.1 Å². The molecule has 1 aromatic carbocycles. The van der Waals surface area contributed by atoms with Gasteiger partial charge in [0.05, 0.1) is 6.61 Å². The highest BCUT2D eigenvalue weighted by Gasteiger charge is 2.21. The van der Waals surface area contributed by atoms with Gasteiger partial charge in [0, 0.05) is 43.8 Å². The number of rotatable bonds is 3. The highest BCUT2D eigenvalue weighted by Crippen LogP contribution is 2.20. The summed E-state index contributed by atoms with van der Waals surface area (Å²) < 4.78 is 7.38. The number of hydrogen-bond donors (Lipinski definition) is 2. The molecule has 6 nitrogen and oxygen atoms in total. The van der Waals surface area contributed by atoms with Crippen LogP contribution >= 0.6 is 24.8 Å². The Morgan fingerprint density at radius 3 is 2.91 bits per heavy atom. The molecule has 2 heterocycles. The zero-order valence-electron chi connectivity index (χ0n) is 12.7. The molecule has 1 atom stereocenters. The maximum Gasteiger partial charge on any atom is 0.254 e. The van der Waals surface area contributed by atoms with E-state index in [9.17, 15) is 4.79 Å². The molecule has 1 aliphatic rings. The van der Waals surface area contributed by atoms with Gasteiger partial charge in [0.25, 0.3) is 5.91 Å². The fourth-order valence-electron chi connectivity index (χ4n) is 2.34. The molecule has 0 saturated carbocycles. The summed E-state index contributed by atoms with van der Waals surface area (Å²) in [5.41, 5.74) is 1.71. The number of anilines is 1. The summed E-state index contributed by atoms with van der Waals surface area (Å²) in [5.74, 6) is 0.737. The van der Waals surface area contributed by atoms with Gasteiger partial charge in [-0.1, -0.05) is 12.1 Å². The Hall–Kier alpha value is -1.60. The lowest BCUT2D eigenvalue weighted by atomic mass is 10.2. The zero-order chi connectivity index (χ0) is 14.7. The number of hydrogen-bond acceptors (Lipinski definition) is 4. The normalized spacial score (nSPS) is 16.8. The first-order valence-electron chi connectivity index (χ1n) is 6.95. The van der Waals surface area contributed by atoms with Crippen LogP contribution in [0.2, 0.25) is 0 Å². The molecule has 2 N–H and O–H groups in total. The average Bonchev–Trinajstić information content (AvgIpc) is 2.94. The maximum absolute atomic E-state index is 12.1. The second-order valence-corrected chi connectivity index (χ2v) is 5.00. The first kappa shape index (κ1) is 19.4. The first-order valence-corrected chi connectivity index (χ1v) is 6.95. The van der Waals surface area contributed by atoms with Gasteiger partial charge < -0.3 is 19.9 Å². The summed E-state index contributed by atoms with van der Waals surface area (Å²) in [6.45, 7) is 1.90. The molecular formula is C15H20Cl2N4O2. The van der Waals surface area contributed by atoms with Gasteiger partial charge in [0.1, 0.15) is 11.9 Å². The molecule has 1 aliphatic heterocycles. The van der Waals surface area contributed by atoms with Crippen molar-refractivity contribution in [3.63, 3.8) is 0 Å². The summed E-state index contributed by atoms with van der Waals surface area (Å²) in [7, 11) is 1.94. The van der Waals surface area contributed by atoms with Crippen molar-refractivity contribution in [3.8, 4) is 11.4 Å². The van der Waals surface area contributed by atoms with Crippen molar-refractivity contribution in [3.05, 3.63) is 36.7 Å². The molecule has 1 saturated heterocycles. The third kappa shape index (κ3) is 4.68. The molecule has 0 bridgehead atoms. The van der Waals surface area contributed by atoms with Crippen LogP contribution in [0.4, 0.5) is 5.69 Å². The van der Waals surface area contributed by atoms with Crippen LogP contribution < -0.4 is 10.6 Å². The highest BCUT2D eigenvalue weighted by atomic mass is 35.5. The van der Waals surface area contributed by atoms with Gasteiger partial charge >= 0.3 is 0 Å². The van der Waals surface area contributed by atoms with Crippen LogP contribution in [-0.2, 0) is 16.6 Å². The van der Waals surface area contributed by atoms with Gasteiger partial charge in [0.2, 0.25) is 0 Å². The molecule has 0 spiro atoms. The molecule has 0 aliphatic carbocycles. The maximum atomic E-state index is 12.1. The minimum atomic E-state index is -0.435. The number of benzene rings is 1. The molecule has 8 heteroatoms. The van der Waals surface area contributed by atoms with Crippen molar-refractivity contribution in [2.75, 3.05) is 25.0 Å². The molecule has 1 fully saturated rings. The van der Waals surface area contributed by atoms with E-state index in [2.05, 4.69) is 15.6 Å². The Morgan fingerprint density at radius 1 is 1.43 bits per heavy atom. The predicted molar refractivity (Wildman–Crippen MR) is 94.4 cm³/mol. The van der Waals surface area contributed by atoms with E-state index in [0.29, 0.717) is 13.2 Å². The van der Waals surface area contributed by atoms with E-state index in [1.165, 1.54) is 0 Å². The lowest BCUT2D eigenvalue weighted by Gasteiger charge is -2.22. The average molecular weight is 359 g/mol. The fraction of sp³-hybridized carbons (Fsp3) is 0.333. The molecule has 0 radical (unpaired) electrons. The van der Waals surface area contributed by atoms with Crippen LogP contribution in [0.1, 0.15) is 0 Å². The summed E-state index contributed by atoms with van der Waals surface area (Å²) in [6, 6.07) is 7.65. The Balaban J connectivity index is 0.00000132. The summed E-state index contributed by atoms with van der Waals surface area (Å²) >= 11 is 0. The van der Waals surface area contributed by atoms with Crippen molar-refractivity contribution in [1.29, 1.82) is 0 Å². The molecule has 23 heavy (non-hydrogen) atoms. The topological polar surface area (TPSA) is 68.2 Å². The number of imidazole rings is 1. The van der Waals surface area contributed by atoms with Crippen molar-refractivity contribution in [1.82, 2.24) is 14.9 Å². The van der Waals surface area contributed by atoms with Crippen molar-refractivity contribution in [2.45, 2.75) is 6.10 Å². The van der Waals surface area contributed by atoms with Crippen molar-refractivity contribution < 1.29 is 9.53 Å². The summed E-state index contributed by atoms with van der Waals surface area (Å²) in [4.78, 5) is 16.4. The molecular weight excluding hydrogens is 339 g/mol. The van der Waals surface area contributed by atoms with Crippen LogP contribution in [0.3, 0.4) is 0 Å². The highest BCUT2D eigenvalue weighted by molar-refractivity contribution is 5.94. The Kier molecular flexibility index (Phi) is 7.51. The molecule has 1 aromatic heterocycles. The third-order valence-corrected chi connectivity index (χ3v) is 3.43. The van der Waals surface area contributed by atoms with Crippen LogP contribution in [-0.4, -0.2) is 41.3 Å². The van der Waals surface area contributed by atoms with Crippen LogP contribution in [0.5, 0.6) is 0 Å². The number of amides is 1. The quantitative estimate of drug-likeness (QED) is 0.878. The standard InChI is InChI=1S/C15H18N4O2.2ClH/c1-19-7-5-17-14(19)11-3-2-4-12(9-11)18-15(20)13-10-16-6-8-21-13;;/h2-5,7,9,13,16H,6,8,10H2,1H3,(H,18,20);2*1H. The number of aromatic nitrogens is 2. The number of carbonyl (C=O) groups is 1. The number of nitrogens with one attached hydrogen (secondary N) is 2. The van der Waals surface area contributed by atoms with Crippen LogP contribution in [0.25, 0.3) is 11.4 Å². The summed E-state index contributed by atoms with van der Waals surface area (Å²) in [5, 5.41) is 6.04. The van der Waals surface area contributed by atoms with E-state index in [1.54, 1.807) is 6.20 Å². The number of halogens is 2. The molecule has 1 amide bonds. The molecule has 3 rings (SSSR count). The van der Waals surface area contributed by atoms with Gasteiger partial charge in [-0.2, -0.15) is 0 Å². The van der Waals surface area contributed by atoms with E-state index >= 15 is 0 Å². The van der Waals surface area contributed by atoms with Gasteiger partial charge in [-0.3, -0.25) is 4.79 Å². The second kappa shape index (κ2) is 8.88. The van der Waals surface area contributed by atoms with E-state index in [-0.39, 0.29) is 30.7 Å². The fourth-order valence-corrected chi connectivity index (χ4v) is 2.34.